The lowest BCUT2D eigenvalue weighted by Crippen LogP contribution is -2.39. The van der Waals surface area contributed by atoms with Crippen molar-refractivity contribution in [1.82, 2.24) is 5.32 Å². The van der Waals surface area contributed by atoms with Crippen LogP contribution in [0.25, 0.3) is 0 Å². The summed E-state index contributed by atoms with van der Waals surface area (Å²) in [6.07, 6.45) is 4.36. The van der Waals surface area contributed by atoms with Gasteiger partial charge in [-0.05, 0) is 36.5 Å². The Hall–Kier alpha value is -2.15. The smallest absolute Gasteiger partial charge is 0.387 e. The summed E-state index contributed by atoms with van der Waals surface area (Å²) in [4.78, 5) is 24.0. The number of carbonyl (C=O) groups excluding carboxylic acids is 1. The first kappa shape index (κ1) is 17.7. The number of ether oxygens (including phenoxy) is 1. The molecule has 2 aliphatic carbocycles. The first-order valence-electron chi connectivity index (χ1n) is 7.79. The van der Waals surface area contributed by atoms with Gasteiger partial charge in [0, 0.05) is 17.1 Å². The average molecular weight is 372 g/mol. The normalized spacial score (nSPS) is 26.9. The van der Waals surface area contributed by atoms with Gasteiger partial charge in [-0.2, -0.15) is 8.78 Å². The maximum atomic E-state index is 12.5. The van der Waals surface area contributed by atoms with Crippen molar-refractivity contribution in [3.05, 3.63) is 40.9 Å². The fourth-order valence-corrected chi connectivity index (χ4v) is 3.91. The number of halogens is 3. The number of nitrogens with one attached hydrogen (secondary N) is 1. The van der Waals surface area contributed by atoms with Crippen molar-refractivity contribution in [3.63, 3.8) is 0 Å². The van der Waals surface area contributed by atoms with Crippen LogP contribution in [0.4, 0.5) is 8.78 Å². The molecule has 1 aromatic carbocycles. The van der Waals surface area contributed by atoms with E-state index in [0.717, 1.165) is 0 Å². The molecule has 0 aromatic heterocycles. The molecule has 0 heterocycles. The Morgan fingerprint density at radius 3 is 2.60 bits per heavy atom. The highest BCUT2D eigenvalue weighted by molar-refractivity contribution is 6.30. The molecule has 0 saturated heterocycles. The molecule has 0 aliphatic heterocycles. The number of allylic oxidation sites excluding steroid dienone is 2. The van der Waals surface area contributed by atoms with Gasteiger partial charge in [0.2, 0.25) is 5.91 Å². The zero-order valence-corrected chi connectivity index (χ0v) is 13.7. The summed E-state index contributed by atoms with van der Waals surface area (Å²) in [5.74, 6) is -3.15. The summed E-state index contributed by atoms with van der Waals surface area (Å²) < 4.78 is 29.4. The minimum atomic E-state index is -3.00. The third kappa shape index (κ3) is 3.61. The Kier molecular flexibility index (Phi) is 4.94. The van der Waals surface area contributed by atoms with E-state index in [1.165, 1.54) is 18.2 Å². The van der Waals surface area contributed by atoms with Crippen LogP contribution in [0, 0.1) is 23.7 Å². The summed E-state index contributed by atoms with van der Waals surface area (Å²) in [5.41, 5.74) is 0.298. The highest BCUT2D eigenvalue weighted by Gasteiger charge is 2.51. The first-order chi connectivity index (χ1) is 11.9. The molecule has 1 aromatic rings. The minimum absolute atomic E-state index is 0.0780. The van der Waals surface area contributed by atoms with Crippen LogP contribution in [-0.2, 0) is 16.1 Å². The van der Waals surface area contributed by atoms with Crippen molar-refractivity contribution in [3.8, 4) is 5.75 Å². The highest BCUT2D eigenvalue weighted by atomic mass is 35.5. The average Bonchev–Trinajstić information content (AvgIpc) is 3.15. The number of carbonyl (C=O) groups is 2. The van der Waals surface area contributed by atoms with Crippen LogP contribution < -0.4 is 10.1 Å². The van der Waals surface area contributed by atoms with Crippen molar-refractivity contribution < 1.29 is 28.2 Å². The van der Waals surface area contributed by atoms with Gasteiger partial charge in [-0.15, -0.1) is 0 Å². The molecule has 3 rings (SSSR count). The Morgan fingerprint density at radius 2 is 1.96 bits per heavy atom. The van der Waals surface area contributed by atoms with E-state index in [2.05, 4.69) is 10.1 Å². The van der Waals surface area contributed by atoms with Crippen LogP contribution in [0.2, 0.25) is 5.02 Å². The quantitative estimate of drug-likeness (QED) is 0.753. The number of rotatable bonds is 6. The van der Waals surface area contributed by atoms with Crippen molar-refractivity contribution in [2.45, 2.75) is 19.6 Å². The van der Waals surface area contributed by atoms with Gasteiger partial charge in [0.1, 0.15) is 5.75 Å². The van der Waals surface area contributed by atoms with Crippen LogP contribution in [-0.4, -0.2) is 23.6 Å². The monoisotopic (exact) mass is 371 g/mol. The molecule has 4 unspecified atom stereocenters. The summed E-state index contributed by atoms with van der Waals surface area (Å²) >= 11 is 5.87. The van der Waals surface area contributed by atoms with E-state index in [9.17, 15) is 23.5 Å². The number of aliphatic carboxylic acids is 1. The van der Waals surface area contributed by atoms with Gasteiger partial charge in [-0.25, -0.2) is 0 Å². The Bertz CT molecular complexity index is 725. The van der Waals surface area contributed by atoms with Gasteiger partial charge in [-0.1, -0.05) is 23.8 Å². The number of carboxylic acid groups (broad SMARTS) is 1. The van der Waals surface area contributed by atoms with Gasteiger partial charge < -0.3 is 15.2 Å². The second-order valence-corrected chi connectivity index (χ2v) is 6.62. The summed E-state index contributed by atoms with van der Waals surface area (Å²) in [5, 5.41) is 12.3. The van der Waals surface area contributed by atoms with E-state index in [1.807, 2.05) is 12.2 Å². The maximum absolute atomic E-state index is 12.5. The Morgan fingerprint density at radius 1 is 1.28 bits per heavy atom. The summed E-state index contributed by atoms with van der Waals surface area (Å²) in [6, 6.07) is 4.14. The molecular formula is C17H16ClF2NO4. The number of amides is 1. The molecule has 2 bridgehead atoms. The van der Waals surface area contributed by atoms with Crippen molar-refractivity contribution in [2.75, 3.05) is 0 Å². The van der Waals surface area contributed by atoms with E-state index < -0.39 is 30.3 Å². The van der Waals surface area contributed by atoms with Crippen LogP contribution in [0.15, 0.2) is 30.4 Å². The lowest BCUT2D eigenvalue weighted by molar-refractivity contribution is -0.147. The van der Waals surface area contributed by atoms with Crippen molar-refractivity contribution in [1.29, 1.82) is 0 Å². The van der Waals surface area contributed by atoms with Gasteiger partial charge in [-0.3, -0.25) is 9.59 Å². The van der Waals surface area contributed by atoms with E-state index >= 15 is 0 Å². The van der Waals surface area contributed by atoms with Gasteiger partial charge >= 0.3 is 12.6 Å². The number of hydrogen-bond acceptors (Lipinski definition) is 3. The number of benzene rings is 1. The zero-order valence-electron chi connectivity index (χ0n) is 13.0. The fourth-order valence-electron chi connectivity index (χ4n) is 3.71. The van der Waals surface area contributed by atoms with Crippen LogP contribution in [0.5, 0.6) is 5.75 Å². The third-order valence-corrected chi connectivity index (χ3v) is 4.97. The Labute approximate surface area is 147 Å². The molecule has 1 amide bonds. The van der Waals surface area contributed by atoms with Crippen molar-refractivity contribution in [2.24, 2.45) is 23.7 Å². The Balaban J connectivity index is 1.71. The SMILES string of the molecule is O=C(O)C1C2C=CC(C2)C1C(=O)NCc1cc(Cl)ccc1OC(F)F. The van der Waals surface area contributed by atoms with Crippen LogP contribution in [0.3, 0.4) is 0 Å². The molecule has 2 aliphatic rings. The lowest BCUT2D eigenvalue weighted by Gasteiger charge is -2.24. The molecule has 4 atom stereocenters. The molecule has 134 valence electrons. The highest BCUT2D eigenvalue weighted by Crippen LogP contribution is 2.48. The number of hydrogen-bond donors (Lipinski definition) is 2. The van der Waals surface area contributed by atoms with Crippen LogP contribution in [0.1, 0.15) is 12.0 Å². The zero-order chi connectivity index (χ0) is 18.1. The fraction of sp³-hybridized carbons (Fsp3) is 0.412. The van der Waals surface area contributed by atoms with Gasteiger partial charge in [0.05, 0.1) is 11.8 Å². The van der Waals surface area contributed by atoms with E-state index in [4.69, 9.17) is 11.6 Å². The molecular weight excluding hydrogens is 356 g/mol. The molecule has 0 spiro atoms. The number of fused-ring (bicyclic) bond motifs is 2. The first-order valence-corrected chi connectivity index (χ1v) is 8.16. The summed E-state index contributed by atoms with van der Waals surface area (Å²) in [6.45, 7) is -3.08. The molecule has 2 N–H and O–H groups in total. The predicted molar refractivity (Wildman–Crippen MR) is 85.3 cm³/mol. The lowest BCUT2D eigenvalue weighted by atomic mass is 9.82. The molecule has 1 saturated carbocycles. The van der Waals surface area contributed by atoms with E-state index in [0.29, 0.717) is 17.0 Å². The van der Waals surface area contributed by atoms with E-state index in [-0.39, 0.29) is 24.1 Å². The van der Waals surface area contributed by atoms with Gasteiger partial charge in [0.25, 0.3) is 0 Å². The minimum Gasteiger partial charge on any atom is -0.481 e. The largest absolute Gasteiger partial charge is 0.481 e. The topological polar surface area (TPSA) is 75.6 Å². The summed E-state index contributed by atoms with van der Waals surface area (Å²) in [7, 11) is 0. The molecule has 5 nitrogen and oxygen atoms in total. The number of alkyl halides is 2. The molecule has 25 heavy (non-hydrogen) atoms. The third-order valence-electron chi connectivity index (χ3n) is 4.74. The standard InChI is InChI=1S/C17H16ClF2NO4/c18-11-3-4-12(25-17(19)20)10(6-11)7-21-15(22)13-8-1-2-9(5-8)14(13)16(23)24/h1-4,6,8-9,13-14,17H,5,7H2,(H,21,22)(H,23,24). The second-order valence-electron chi connectivity index (χ2n) is 6.19. The van der Waals surface area contributed by atoms with E-state index in [1.54, 1.807) is 0 Å². The van der Waals surface area contributed by atoms with Crippen molar-refractivity contribution >= 4 is 23.5 Å². The number of carboxylic acids is 1. The maximum Gasteiger partial charge on any atom is 0.387 e. The molecule has 8 heteroatoms. The molecule has 1 fully saturated rings. The second kappa shape index (κ2) is 7.00. The predicted octanol–water partition coefficient (Wildman–Crippen LogP) is 3.08. The molecule has 0 radical (unpaired) electrons. The van der Waals surface area contributed by atoms with Gasteiger partial charge in [0.15, 0.2) is 0 Å². The van der Waals surface area contributed by atoms with Crippen LogP contribution >= 0.6 is 11.6 Å².